The van der Waals surface area contributed by atoms with Gasteiger partial charge in [-0.15, -0.1) is 0 Å². The highest BCUT2D eigenvalue weighted by molar-refractivity contribution is 5.22. The smallest absolute Gasteiger partial charge is 0.131 e. The molecule has 0 amide bonds. The lowest BCUT2D eigenvalue weighted by molar-refractivity contribution is 0.308. The van der Waals surface area contributed by atoms with Crippen LogP contribution in [0.25, 0.3) is 0 Å². The number of fused-ring (bicyclic) bond motifs is 1. The Morgan fingerprint density at radius 1 is 1.43 bits per heavy atom. The van der Waals surface area contributed by atoms with E-state index >= 15 is 0 Å². The zero-order valence-corrected chi connectivity index (χ0v) is 8.53. The molecule has 1 aliphatic carbocycles. The molecular formula is C11H15N3. The maximum Gasteiger partial charge on any atom is 0.131 e. The molecule has 74 valence electrons. The molecule has 3 nitrogen and oxygen atoms in total. The van der Waals surface area contributed by atoms with E-state index in [1.807, 2.05) is 6.20 Å². The Hall–Kier alpha value is -0.960. The molecule has 0 saturated heterocycles. The first-order chi connectivity index (χ1) is 6.83. The van der Waals surface area contributed by atoms with Crippen LogP contribution in [0.4, 0.5) is 0 Å². The van der Waals surface area contributed by atoms with Crippen molar-refractivity contribution in [3.63, 3.8) is 0 Å². The van der Waals surface area contributed by atoms with Gasteiger partial charge in [0, 0.05) is 42.9 Å². The van der Waals surface area contributed by atoms with Gasteiger partial charge in [-0.2, -0.15) is 0 Å². The molecule has 0 N–H and O–H groups in total. The Labute approximate surface area is 84.2 Å². The molecule has 1 fully saturated rings. The Balaban J connectivity index is 1.94. The molecule has 1 aromatic rings. The van der Waals surface area contributed by atoms with Gasteiger partial charge in [-0.1, -0.05) is 0 Å². The van der Waals surface area contributed by atoms with E-state index in [1.54, 1.807) is 0 Å². The second kappa shape index (κ2) is 3.02. The van der Waals surface area contributed by atoms with Crippen molar-refractivity contribution in [2.24, 2.45) is 0 Å². The Kier molecular flexibility index (Phi) is 1.80. The summed E-state index contributed by atoms with van der Waals surface area (Å²) in [5.41, 5.74) is 2.61. The fourth-order valence-corrected chi connectivity index (χ4v) is 2.01. The fraction of sp³-hybridized carbons (Fsp3) is 0.636. The van der Waals surface area contributed by atoms with Crippen molar-refractivity contribution in [1.29, 1.82) is 0 Å². The summed E-state index contributed by atoms with van der Waals surface area (Å²) in [6, 6.07) is 0. The standard InChI is InChI=1S/C11H15N3/c1-14-5-4-10-9(7-14)6-12-11(13-10)8-2-3-8/h6,8H,2-5,7H2,1H3. The molecule has 2 aliphatic rings. The van der Waals surface area contributed by atoms with Crippen LogP contribution in [0.3, 0.4) is 0 Å². The van der Waals surface area contributed by atoms with Crippen LogP contribution >= 0.6 is 0 Å². The van der Waals surface area contributed by atoms with E-state index < -0.39 is 0 Å². The van der Waals surface area contributed by atoms with Gasteiger partial charge in [0.05, 0.1) is 0 Å². The van der Waals surface area contributed by atoms with E-state index in [1.165, 1.54) is 24.1 Å². The predicted octanol–water partition coefficient (Wildman–Crippen LogP) is 1.34. The third-order valence-corrected chi connectivity index (χ3v) is 3.09. The third kappa shape index (κ3) is 1.42. The van der Waals surface area contributed by atoms with E-state index in [0.717, 1.165) is 25.3 Å². The van der Waals surface area contributed by atoms with Crippen molar-refractivity contribution in [3.05, 3.63) is 23.3 Å². The average molecular weight is 189 g/mol. The Bertz CT molecular complexity index is 358. The van der Waals surface area contributed by atoms with E-state index in [2.05, 4.69) is 21.9 Å². The van der Waals surface area contributed by atoms with Crippen LogP contribution in [0.1, 0.15) is 35.8 Å². The lowest BCUT2D eigenvalue weighted by Gasteiger charge is -2.23. The molecule has 0 spiro atoms. The maximum atomic E-state index is 4.67. The van der Waals surface area contributed by atoms with Gasteiger partial charge in [-0.25, -0.2) is 9.97 Å². The zero-order chi connectivity index (χ0) is 9.54. The monoisotopic (exact) mass is 189 g/mol. The first kappa shape index (κ1) is 8.36. The van der Waals surface area contributed by atoms with Crippen LogP contribution < -0.4 is 0 Å². The number of likely N-dealkylation sites (N-methyl/N-ethyl adjacent to an activating group) is 1. The lowest BCUT2D eigenvalue weighted by atomic mass is 10.1. The second-order valence-corrected chi connectivity index (χ2v) is 4.46. The van der Waals surface area contributed by atoms with Gasteiger partial charge in [-0.05, 0) is 19.9 Å². The molecule has 0 unspecified atom stereocenters. The van der Waals surface area contributed by atoms with Crippen molar-refractivity contribution in [1.82, 2.24) is 14.9 Å². The van der Waals surface area contributed by atoms with E-state index in [9.17, 15) is 0 Å². The minimum absolute atomic E-state index is 0.681. The van der Waals surface area contributed by atoms with E-state index in [0.29, 0.717) is 5.92 Å². The topological polar surface area (TPSA) is 29.0 Å². The van der Waals surface area contributed by atoms with Gasteiger partial charge >= 0.3 is 0 Å². The van der Waals surface area contributed by atoms with Crippen LogP contribution in [0.2, 0.25) is 0 Å². The molecule has 0 atom stereocenters. The van der Waals surface area contributed by atoms with Gasteiger partial charge in [0.25, 0.3) is 0 Å². The molecule has 14 heavy (non-hydrogen) atoms. The molecule has 1 aliphatic heterocycles. The molecule has 1 aromatic heterocycles. The average Bonchev–Trinajstić information content (AvgIpc) is 3.00. The quantitative estimate of drug-likeness (QED) is 0.667. The summed E-state index contributed by atoms with van der Waals surface area (Å²) in [6.07, 6.45) is 5.71. The van der Waals surface area contributed by atoms with Crippen LogP contribution in [-0.4, -0.2) is 28.5 Å². The van der Waals surface area contributed by atoms with Crippen molar-refractivity contribution in [2.45, 2.75) is 31.7 Å². The van der Waals surface area contributed by atoms with Gasteiger partial charge in [0.1, 0.15) is 5.82 Å². The highest BCUT2D eigenvalue weighted by atomic mass is 15.1. The summed E-state index contributed by atoms with van der Waals surface area (Å²) in [6.45, 7) is 2.15. The third-order valence-electron chi connectivity index (χ3n) is 3.09. The summed E-state index contributed by atoms with van der Waals surface area (Å²) in [5, 5.41) is 0. The van der Waals surface area contributed by atoms with E-state index in [-0.39, 0.29) is 0 Å². The molecule has 0 radical (unpaired) electrons. The minimum atomic E-state index is 0.681. The molecule has 2 heterocycles. The van der Waals surface area contributed by atoms with Gasteiger partial charge in [-0.3, -0.25) is 0 Å². The molecule has 3 heteroatoms. The predicted molar refractivity (Wildman–Crippen MR) is 54.0 cm³/mol. The molecular weight excluding hydrogens is 174 g/mol. The first-order valence-electron chi connectivity index (χ1n) is 5.36. The minimum Gasteiger partial charge on any atom is -0.302 e. The number of hydrogen-bond donors (Lipinski definition) is 0. The first-order valence-corrected chi connectivity index (χ1v) is 5.36. The fourth-order valence-electron chi connectivity index (χ4n) is 2.01. The maximum absolute atomic E-state index is 4.67. The van der Waals surface area contributed by atoms with Crippen molar-refractivity contribution in [3.8, 4) is 0 Å². The zero-order valence-electron chi connectivity index (χ0n) is 8.53. The summed E-state index contributed by atoms with van der Waals surface area (Å²) in [7, 11) is 2.15. The van der Waals surface area contributed by atoms with Gasteiger partial charge in [0.15, 0.2) is 0 Å². The van der Waals surface area contributed by atoms with Crippen molar-refractivity contribution in [2.75, 3.05) is 13.6 Å². The Morgan fingerprint density at radius 3 is 3.07 bits per heavy atom. The summed E-state index contributed by atoms with van der Waals surface area (Å²) in [4.78, 5) is 11.4. The largest absolute Gasteiger partial charge is 0.302 e. The number of hydrogen-bond acceptors (Lipinski definition) is 3. The molecule has 3 rings (SSSR count). The molecule has 0 bridgehead atoms. The highest BCUT2D eigenvalue weighted by Crippen LogP contribution is 2.38. The molecule has 0 aromatic carbocycles. The second-order valence-electron chi connectivity index (χ2n) is 4.46. The number of nitrogens with zero attached hydrogens (tertiary/aromatic N) is 3. The summed E-state index contributed by atoms with van der Waals surface area (Å²) < 4.78 is 0. The van der Waals surface area contributed by atoms with E-state index in [4.69, 9.17) is 0 Å². The normalized spacial score (nSPS) is 22.1. The van der Waals surface area contributed by atoms with Crippen LogP contribution in [0, 0.1) is 0 Å². The highest BCUT2D eigenvalue weighted by Gasteiger charge is 2.27. The number of aromatic nitrogens is 2. The Morgan fingerprint density at radius 2 is 2.29 bits per heavy atom. The van der Waals surface area contributed by atoms with Gasteiger partial charge in [0.2, 0.25) is 0 Å². The van der Waals surface area contributed by atoms with Crippen LogP contribution in [0.5, 0.6) is 0 Å². The van der Waals surface area contributed by atoms with Crippen molar-refractivity contribution >= 4 is 0 Å². The SMILES string of the molecule is CN1CCc2nc(C3CC3)ncc2C1. The summed E-state index contributed by atoms with van der Waals surface area (Å²) in [5.74, 6) is 1.77. The molecule has 1 saturated carbocycles. The number of rotatable bonds is 1. The van der Waals surface area contributed by atoms with Gasteiger partial charge < -0.3 is 4.90 Å². The van der Waals surface area contributed by atoms with Crippen molar-refractivity contribution < 1.29 is 0 Å². The summed E-state index contributed by atoms with van der Waals surface area (Å²) >= 11 is 0. The van der Waals surface area contributed by atoms with Crippen LogP contribution in [-0.2, 0) is 13.0 Å². The lowest BCUT2D eigenvalue weighted by Crippen LogP contribution is -2.27. The van der Waals surface area contributed by atoms with Crippen LogP contribution in [0.15, 0.2) is 6.20 Å².